The van der Waals surface area contributed by atoms with Crippen LogP contribution in [0.5, 0.6) is 5.75 Å². The molecule has 0 bridgehead atoms. The first kappa shape index (κ1) is 13.1. The largest absolute Gasteiger partial charge is 0.478 e. The highest BCUT2D eigenvalue weighted by atomic mass is 16.5. The molecule has 3 aromatic rings. The summed E-state index contributed by atoms with van der Waals surface area (Å²) in [6.45, 7) is 2.03. The second-order valence-electron chi connectivity index (χ2n) is 5.45. The van der Waals surface area contributed by atoms with Gasteiger partial charge in [0.1, 0.15) is 18.1 Å². The third kappa shape index (κ3) is 2.27. The van der Waals surface area contributed by atoms with Gasteiger partial charge in [-0.05, 0) is 17.7 Å². The Labute approximate surface area is 127 Å². The maximum atomic E-state index is 11.9. The fourth-order valence-corrected chi connectivity index (χ4v) is 2.85. The minimum absolute atomic E-state index is 0.0239. The first-order chi connectivity index (χ1) is 10.8. The molecule has 0 spiro atoms. The van der Waals surface area contributed by atoms with Gasteiger partial charge < -0.3 is 9.15 Å². The zero-order chi connectivity index (χ0) is 14.9. The fraction of sp³-hybridized carbons (Fsp3) is 0.167. The molecule has 22 heavy (non-hydrogen) atoms. The van der Waals surface area contributed by atoms with E-state index < -0.39 is 0 Å². The van der Waals surface area contributed by atoms with Crippen molar-refractivity contribution in [2.24, 2.45) is 0 Å². The number of rotatable bonds is 2. The molecule has 0 atom stereocenters. The van der Waals surface area contributed by atoms with E-state index in [9.17, 15) is 4.79 Å². The summed E-state index contributed by atoms with van der Waals surface area (Å²) in [6, 6.07) is 15.3. The molecule has 4 nitrogen and oxygen atoms in total. The summed E-state index contributed by atoms with van der Waals surface area (Å²) in [5, 5.41) is 0.603. The maximum absolute atomic E-state index is 11.9. The summed E-state index contributed by atoms with van der Waals surface area (Å²) in [5.41, 5.74) is 2.78. The van der Waals surface area contributed by atoms with E-state index in [1.54, 1.807) is 6.07 Å². The molecule has 4 heteroatoms. The number of hydrogen-bond donors (Lipinski definition) is 0. The van der Waals surface area contributed by atoms with Gasteiger partial charge in [0.2, 0.25) is 0 Å². The highest BCUT2D eigenvalue weighted by Crippen LogP contribution is 2.31. The van der Waals surface area contributed by atoms with Gasteiger partial charge in [-0.1, -0.05) is 30.3 Å². The van der Waals surface area contributed by atoms with Crippen molar-refractivity contribution in [3.63, 3.8) is 0 Å². The molecular weight excluding hydrogens is 278 g/mol. The molecule has 0 saturated carbocycles. The van der Waals surface area contributed by atoms with Crippen LogP contribution in [-0.2, 0) is 13.1 Å². The van der Waals surface area contributed by atoms with Crippen molar-refractivity contribution < 1.29 is 9.15 Å². The molecular formula is C18H15NO3. The lowest BCUT2D eigenvalue weighted by molar-refractivity contribution is 0.0890. The summed E-state index contributed by atoms with van der Waals surface area (Å²) < 4.78 is 11.4. The Morgan fingerprint density at radius 2 is 1.91 bits per heavy atom. The molecule has 0 unspecified atom stereocenters. The van der Waals surface area contributed by atoms with E-state index >= 15 is 0 Å². The van der Waals surface area contributed by atoms with Gasteiger partial charge in [0.25, 0.3) is 0 Å². The van der Waals surface area contributed by atoms with Gasteiger partial charge in [-0.2, -0.15) is 0 Å². The van der Waals surface area contributed by atoms with Crippen molar-refractivity contribution in [1.82, 2.24) is 4.90 Å². The van der Waals surface area contributed by atoms with Crippen molar-refractivity contribution in [2.45, 2.75) is 13.1 Å². The summed E-state index contributed by atoms with van der Waals surface area (Å²) in [7, 11) is 0. The summed E-state index contributed by atoms with van der Waals surface area (Å²) in [6.07, 6.45) is 1.45. The fourth-order valence-electron chi connectivity index (χ4n) is 2.85. The summed E-state index contributed by atoms with van der Waals surface area (Å²) in [5.74, 6) is 0.797. The predicted octanol–water partition coefficient (Wildman–Crippen LogP) is 3.15. The SMILES string of the molecule is O=c1ccoc2c3c(ccc12)OCN(Cc1ccccc1)C3. The lowest BCUT2D eigenvalue weighted by atomic mass is 10.1. The van der Waals surface area contributed by atoms with Gasteiger partial charge in [0, 0.05) is 19.2 Å². The molecule has 2 aromatic carbocycles. The minimum Gasteiger partial charge on any atom is -0.478 e. The van der Waals surface area contributed by atoms with Crippen LogP contribution in [0.1, 0.15) is 11.1 Å². The Bertz CT molecular complexity index is 870. The van der Waals surface area contributed by atoms with E-state index in [0.29, 0.717) is 24.2 Å². The molecule has 2 heterocycles. The van der Waals surface area contributed by atoms with E-state index in [0.717, 1.165) is 17.9 Å². The highest BCUT2D eigenvalue weighted by molar-refractivity contribution is 5.82. The molecule has 0 saturated heterocycles. The monoisotopic (exact) mass is 293 g/mol. The minimum atomic E-state index is -0.0239. The van der Waals surface area contributed by atoms with Crippen LogP contribution < -0.4 is 10.2 Å². The van der Waals surface area contributed by atoms with E-state index in [-0.39, 0.29) is 5.43 Å². The van der Waals surface area contributed by atoms with Crippen LogP contribution in [0, 0.1) is 0 Å². The third-order valence-electron chi connectivity index (χ3n) is 3.92. The summed E-state index contributed by atoms with van der Waals surface area (Å²) >= 11 is 0. The Morgan fingerprint density at radius 1 is 1.05 bits per heavy atom. The smallest absolute Gasteiger partial charge is 0.192 e. The van der Waals surface area contributed by atoms with E-state index in [1.165, 1.54) is 17.9 Å². The van der Waals surface area contributed by atoms with Crippen LogP contribution in [0.2, 0.25) is 0 Å². The topological polar surface area (TPSA) is 42.7 Å². The Morgan fingerprint density at radius 3 is 2.77 bits per heavy atom. The normalized spacial score (nSPS) is 14.5. The molecule has 1 aliphatic rings. The van der Waals surface area contributed by atoms with E-state index in [4.69, 9.17) is 9.15 Å². The lowest BCUT2D eigenvalue weighted by Gasteiger charge is -2.29. The number of nitrogens with zero attached hydrogens (tertiary/aromatic N) is 1. The van der Waals surface area contributed by atoms with Crippen LogP contribution in [0.3, 0.4) is 0 Å². The van der Waals surface area contributed by atoms with Crippen molar-refractivity contribution in [3.8, 4) is 5.75 Å². The molecule has 4 rings (SSSR count). The molecule has 0 amide bonds. The zero-order valence-electron chi connectivity index (χ0n) is 12.0. The van der Waals surface area contributed by atoms with Crippen molar-refractivity contribution in [3.05, 3.63) is 76.1 Å². The Hall–Kier alpha value is -2.59. The second kappa shape index (κ2) is 5.31. The van der Waals surface area contributed by atoms with Gasteiger partial charge in [-0.15, -0.1) is 0 Å². The van der Waals surface area contributed by atoms with Gasteiger partial charge >= 0.3 is 0 Å². The summed E-state index contributed by atoms with van der Waals surface area (Å²) in [4.78, 5) is 14.1. The Kier molecular flexibility index (Phi) is 3.16. The van der Waals surface area contributed by atoms with Gasteiger partial charge in [0.15, 0.2) is 5.43 Å². The number of fused-ring (bicyclic) bond motifs is 3. The van der Waals surface area contributed by atoms with Crippen LogP contribution in [-0.4, -0.2) is 11.6 Å². The molecule has 0 N–H and O–H groups in total. The molecule has 0 aliphatic carbocycles. The molecule has 110 valence electrons. The average molecular weight is 293 g/mol. The lowest BCUT2D eigenvalue weighted by Crippen LogP contribution is -2.31. The predicted molar refractivity (Wildman–Crippen MR) is 83.7 cm³/mol. The first-order valence-corrected chi connectivity index (χ1v) is 7.24. The van der Waals surface area contributed by atoms with Gasteiger partial charge in [-0.3, -0.25) is 9.69 Å². The first-order valence-electron chi connectivity index (χ1n) is 7.24. The van der Waals surface area contributed by atoms with Crippen molar-refractivity contribution in [1.29, 1.82) is 0 Å². The number of benzene rings is 2. The number of ether oxygens (including phenoxy) is 1. The van der Waals surface area contributed by atoms with Crippen LogP contribution in [0.25, 0.3) is 11.0 Å². The maximum Gasteiger partial charge on any atom is 0.192 e. The quantitative estimate of drug-likeness (QED) is 0.728. The average Bonchev–Trinajstić information content (AvgIpc) is 2.56. The van der Waals surface area contributed by atoms with Crippen molar-refractivity contribution >= 4 is 11.0 Å². The van der Waals surface area contributed by atoms with Gasteiger partial charge in [0.05, 0.1) is 17.2 Å². The zero-order valence-corrected chi connectivity index (χ0v) is 12.0. The van der Waals surface area contributed by atoms with E-state index in [1.807, 2.05) is 24.3 Å². The molecule has 0 fully saturated rings. The highest BCUT2D eigenvalue weighted by Gasteiger charge is 2.21. The number of hydrogen-bond acceptors (Lipinski definition) is 4. The van der Waals surface area contributed by atoms with Crippen LogP contribution in [0.15, 0.2) is 64.0 Å². The molecule has 1 aliphatic heterocycles. The van der Waals surface area contributed by atoms with E-state index in [2.05, 4.69) is 17.0 Å². The van der Waals surface area contributed by atoms with Crippen molar-refractivity contribution in [2.75, 3.05) is 6.73 Å². The molecule has 0 radical (unpaired) electrons. The van der Waals surface area contributed by atoms with Crippen LogP contribution in [0.4, 0.5) is 0 Å². The second-order valence-corrected chi connectivity index (χ2v) is 5.45. The van der Waals surface area contributed by atoms with Gasteiger partial charge in [-0.25, -0.2) is 0 Å². The van der Waals surface area contributed by atoms with Crippen LogP contribution >= 0.6 is 0 Å². The Balaban J connectivity index is 1.70. The standard InChI is InChI=1S/C18H15NO3/c20-16-8-9-21-18-14(16)6-7-17-15(18)11-19(12-22-17)10-13-4-2-1-3-5-13/h1-9H,10-12H2. The molecule has 1 aromatic heterocycles. The third-order valence-corrected chi connectivity index (χ3v) is 3.92.